The molecule has 1 aromatic rings. The van der Waals surface area contributed by atoms with E-state index in [4.69, 9.17) is 43.1 Å². The van der Waals surface area contributed by atoms with Crippen LogP contribution in [0, 0.1) is 5.95 Å². The van der Waals surface area contributed by atoms with Gasteiger partial charge in [-0.05, 0) is 20.8 Å². The Bertz CT molecular complexity index is 695. The van der Waals surface area contributed by atoms with Gasteiger partial charge >= 0.3 is 5.97 Å². The van der Waals surface area contributed by atoms with Crippen LogP contribution in [0.15, 0.2) is 25.0 Å². The molecule has 0 spiro atoms. The van der Waals surface area contributed by atoms with Gasteiger partial charge in [0.2, 0.25) is 11.8 Å². The number of nitrogens with two attached hydrogens (primary N) is 1. The van der Waals surface area contributed by atoms with Crippen LogP contribution in [0.2, 0.25) is 10.0 Å². The second-order valence-electron chi connectivity index (χ2n) is 5.48. The van der Waals surface area contributed by atoms with E-state index in [1.54, 1.807) is 6.92 Å². The van der Waals surface area contributed by atoms with Gasteiger partial charge in [0.05, 0.1) is 5.69 Å². The molecule has 0 aliphatic heterocycles. The van der Waals surface area contributed by atoms with E-state index in [0.717, 1.165) is 0 Å². The molecule has 1 aromatic heterocycles. The summed E-state index contributed by atoms with van der Waals surface area (Å²) in [5, 5.41) is -0.540. The number of aromatic nitrogens is 1. The number of carbonyl (C=O) groups excluding carboxylic acids is 1. The maximum Gasteiger partial charge on any atom is 0.350 e. The van der Waals surface area contributed by atoms with Crippen LogP contribution < -0.4 is 10.5 Å². The number of pyridine rings is 1. The molecular formula is C16H19Cl2FN2O4. The Kier molecular flexibility index (Phi) is 7.07. The van der Waals surface area contributed by atoms with Crippen LogP contribution in [0.25, 0.3) is 0 Å². The van der Waals surface area contributed by atoms with E-state index >= 15 is 0 Å². The van der Waals surface area contributed by atoms with Gasteiger partial charge in [0.1, 0.15) is 22.4 Å². The average Bonchev–Trinajstić information content (AvgIpc) is 2.54. The van der Waals surface area contributed by atoms with Crippen molar-refractivity contribution < 1.29 is 23.4 Å². The molecule has 0 unspecified atom stereocenters. The number of hydrogen-bond acceptors (Lipinski definition) is 6. The second kappa shape index (κ2) is 8.40. The van der Waals surface area contributed by atoms with E-state index in [1.807, 2.05) is 0 Å². The van der Waals surface area contributed by atoms with Gasteiger partial charge in [-0.25, -0.2) is 4.79 Å². The fourth-order valence-electron chi connectivity index (χ4n) is 1.58. The lowest BCUT2D eigenvalue weighted by Crippen LogP contribution is -2.38. The molecule has 1 heterocycles. The third kappa shape index (κ3) is 5.24. The van der Waals surface area contributed by atoms with Crippen molar-refractivity contribution in [3.8, 4) is 5.88 Å². The molecule has 0 saturated carbocycles. The second-order valence-corrected chi connectivity index (χ2v) is 6.23. The zero-order valence-electron chi connectivity index (χ0n) is 14.1. The van der Waals surface area contributed by atoms with Gasteiger partial charge in [-0.2, -0.15) is 9.37 Å². The smallest absolute Gasteiger partial charge is 0.350 e. The van der Waals surface area contributed by atoms with Gasteiger partial charge in [0.15, 0.2) is 11.7 Å². The lowest BCUT2D eigenvalue weighted by molar-refractivity contribution is -0.163. The molecule has 6 nitrogen and oxygen atoms in total. The van der Waals surface area contributed by atoms with Crippen LogP contribution in [0.5, 0.6) is 5.88 Å². The molecule has 25 heavy (non-hydrogen) atoms. The van der Waals surface area contributed by atoms with Crippen molar-refractivity contribution in [1.82, 2.24) is 4.98 Å². The number of esters is 1. The molecule has 0 amide bonds. The van der Waals surface area contributed by atoms with Gasteiger partial charge < -0.3 is 19.9 Å². The molecule has 0 aliphatic rings. The molecule has 138 valence electrons. The molecule has 0 aromatic carbocycles. The fraction of sp³-hybridized carbons (Fsp3) is 0.375. The van der Waals surface area contributed by atoms with E-state index in [9.17, 15) is 9.18 Å². The summed E-state index contributed by atoms with van der Waals surface area (Å²) in [4.78, 5) is 15.4. The molecule has 1 rings (SSSR count). The average molecular weight is 393 g/mol. The molecule has 0 fully saturated rings. The number of nitrogen functional groups attached to an aromatic ring is 1. The van der Waals surface area contributed by atoms with Crippen molar-refractivity contribution in [3.05, 3.63) is 41.0 Å². The largest absolute Gasteiger partial charge is 0.477 e. The maximum absolute atomic E-state index is 13.6. The Morgan fingerprint density at radius 1 is 1.44 bits per heavy atom. The van der Waals surface area contributed by atoms with Gasteiger partial charge in [-0.3, -0.25) is 0 Å². The van der Waals surface area contributed by atoms with Crippen molar-refractivity contribution >= 4 is 34.9 Å². The predicted octanol–water partition coefficient (Wildman–Crippen LogP) is 3.92. The van der Waals surface area contributed by atoms with Crippen molar-refractivity contribution in [3.63, 3.8) is 0 Å². The monoisotopic (exact) mass is 392 g/mol. The molecule has 0 bridgehead atoms. The first-order valence-corrected chi connectivity index (χ1v) is 7.89. The van der Waals surface area contributed by atoms with Gasteiger partial charge in [-0.15, -0.1) is 0 Å². The van der Waals surface area contributed by atoms with Crippen LogP contribution in [-0.4, -0.2) is 29.3 Å². The number of anilines is 1. The van der Waals surface area contributed by atoms with E-state index in [-0.39, 0.29) is 29.0 Å². The normalized spacial score (nSPS) is 12.2. The topological polar surface area (TPSA) is 83.7 Å². The molecule has 1 atom stereocenters. The predicted molar refractivity (Wildman–Crippen MR) is 94.2 cm³/mol. The van der Waals surface area contributed by atoms with Crippen LogP contribution in [0.4, 0.5) is 10.1 Å². The number of nitrogens with zero attached hydrogens (tertiary/aromatic N) is 1. The highest BCUT2D eigenvalue weighted by atomic mass is 35.5. The summed E-state index contributed by atoms with van der Waals surface area (Å²) in [6, 6.07) is 0. The van der Waals surface area contributed by atoms with Gasteiger partial charge in [-0.1, -0.05) is 42.4 Å². The number of carbonyl (C=O) groups is 1. The molecule has 0 saturated heterocycles. The zero-order valence-corrected chi connectivity index (χ0v) is 15.6. The zero-order chi connectivity index (χ0) is 19.4. The minimum atomic E-state index is -1.32. The van der Waals surface area contributed by atoms with Gasteiger partial charge in [0, 0.05) is 0 Å². The van der Waals surface area contributed by atoms with E-state index in [0.29, 0.717) is 0 Å². The first-order valence-electron chi connectivity index (χ1n) is 7.13. The molecule has 2 N–H and O–H groups in total. The summed E-state index contributed by atoms with van der Waals surface area (Å²) in [5.41, 5.74) is 4.06. The minimum Gasteiger partial charge on any atom is -0.477 e. The lowest BCUT2D eigenvalue weighted by Gasteiger charge is -2.27. The first kappa shape index (κ1) is 21.1. The van der Waals surface area contributed by atoms with Crippen molar-refractivity contribution in [1.29, 1.82) is 0 Å². The summed E-state index contributed by atoms with van der Waals surface area (Å²) in [7, 11) is 0. The van der Waals surface area contributed by atoms with E-state index in [2.05, 4.69) is 18.1 Å². The number of ether oxygens (including phenoxy) is 3. The summed E-state index contributed by atoms with van der Waals surface area (Å²) >= 11 is 11.6. The number of rotatable bonds is 8. The van der Waals surface area contributed by atoms with E-state index < -0.39 is 28.6 Å². The quantitative estimate of drug-likeness (QED) is 0.312. The summed E-state index contributed by atoms with van der Waals surface area (Å²) in [6.07, 6.45) is 0.610. The first-order chi connectivity index (χ1) is 11.5. The highest BCUT2D eigenvalue weighted by Gasteiger charge is 2.33. The SMILES string of the molecule is C=CCOC(=O)C(C)(C)OC(=C)[C@@H](C)Oc1nc(F)c(Cl)c(N)c1Cl. The third-order valence-corrected chi connectivity index (χ3v) is 3.72. The van der Waals surface area contributed by atoms with Crippen molar-refractivity contribution in [2.75, 3.05) is 12.3 Å². The van der Waals surface area contributed by atoms with Crippen molar-refractivity contribution in [2.45, 2.75) is 32.5 Å². The Labute approximate surface area is 155 Å². The highest BCUT2D eigenvalue weighted by Crippen LogP contribution is 2.36. The summed E-state index contributed by atoms with van der Waals surface area (Å²) in [6.45, 7) is 11.7. The van der Waals surface area contributed by atoms with Crippen LogP contribution in [0.1, 0.15) is 20.8 Å². The fourth-order valence-corrected chi connectivity index (χ4v) is 1.95. The standard InChI is InChI=1S/C16H19Cl2FN2O4/c1-6-7-23-15(22)16(4,5)25-9(3)8(2)24-14-11(18)12(20)10(17)13(19)21-14/h6,8H,1,3,7H2,2,4-5H3,(H2,20,21)/t8-/m1/s1. The van der Waals surface area contributed by atoms with Gasteiger partial charge in [0.25, 0.3) is 0 Å². The summed E-state index contributed by atoms with van der Waals surface area (Å²) < 4.78 is 29.4. The van der Waals surface area contributed by atoms with E-state index in [1.165, 1.54) is 19.9 Å². The maximum atomic E-state index is 13.6. The molecule has 0 aliphatic carbocycles. The minimum absolute atomic E-state index is 0.0486. The van der Waals surface area contributed by atoms with Crippen LogP contribution >= 0.6 is 23.2 Å². The molecule has 0 radical (unpaired) electrons. The molecule has 9 heteroatoms. The Morgan fingerprint density at radius 3 is 2.60 bits per heavy atom. The third-order valence-electron chi connectivity index (χ3n) is 2.99. The Balaban J connectivity index is 2.84. The summed E-state index contributed by atoms with van der Waals surface area (Å²) in [5.74, 6) is -1.83. The lowest BCUT2D eigenvalue weighted by atomic mass is 10.1. The Morgan fingerprint density at radius 2 is 2.04 bits per heavy atom. The molecular weight excluding hydrogens is 374 g/mol. The van der Waals surface area contributed by atoms with Crippen molar-refractivity contribution in [2.24, 2.45) is 0 Å². The number of hydrogen-bond donors (Lipinski definition) is 1. The van der Waals surface area contributed by atoms with Crippen LogP contribution in [-0.2, 0) is 14.3 Å². The van der Waals surface area contributed by atoms with Crippen LogP contribution in [0.3, 0.4) is 0 Å². The Hall–Kier alpha value is -1.99. The number of halogens is 3. The highest BCUT2D eigenvalue weighted by molar-refractivity contribution is 6.39.